The number of aliphatic hydroxyl groups excluding tert-OH is 1. The van der Waals surface area contributed by atoms with Gasteiger partial charge >= 0.3 is 11.9 Å². The number of fused-ring (bicyclic) bond motifs is 7. The molecule has 4 atom stereocenters. The number of esters is 2. The number of rotatable bonds is 12. The summed E-state index contributed by atoms with van der Waals surface area (Å²) in [7, 11) is 1.37. The number of ether oxygens (including phenoxy) is 2. The Morgan fingerprint density at radius 2 is 1.61 bits per heavy atom. The molecule has 3 aromatic rings. The minimum atomic E-state index is -1.10. The van der Waals surface area contributed by atoms with E-state index in [1.54, 1.807) is 0 Å². The van der Waals surface area contributed by atoms with Crippen LogP contribution in [-0.4, -0.2) is 45.7 Å². The standard InChI is InChI=1S/C45H60N4O5/c1-11-29-25(6)32-20-34-27(8)31(16-17-38(50)54-19-18-24(5)15-13-14-23(3)4)42(48-34)40-41(45(52)53-10)44(51)39-28(9)35(49-43(39)40)22-37-30(12-2)26(7)33(47-37)21-36(29)46-32/h18,20-23,27,31,41,44,46-49,51H,11-17,19H2,1-10H3/b24-18-,33-21-,34-20-,37-22-,42-40-/t27-,31-,41+,44-/m0/s1. The van der Waals surface area contributed by atoms with Crippen LogP contribution >= 0.6 is 0 Å². The van der Waals surface area contributed by atoms with Crippen molar-refractivity contribution in [3.8, 4) is 0 Å². The quantitative estimate of drug-likeness (QED) is 0.0985. The van der Waals surface area contributed by atoms with E-state index in [0.29, 0.717) is 23.5 Å². The highest BCUT2D eigenvalue weighted by Gasteiger charge is 2.48. The van der Waals surface area contributed by atoms with Crippen LogP contribution in [0, 0.1) is 44.4 Å². The second-order valence-corrected chi connectivity index (χ2v) is 16.0. The molecule has 5 heterocycles. The number of methoxy groups -OCH3 is 1. The number of aliphatic hydroxyl groups is 1. The summed E-state index contributed by atoms with van der Waals surface area (Å²) in [6, 6.07) is 0. The van der Waals surface area contributed by atoms with Crippen molar-refractivity contribution in [1.29, 1.82) is 0 Å². The normalized spacial score (nSPS) is 24.1. The molecule has 9 heteroatoms. The summed E-state index contributed by atoms with van der Waals surface area (Å²) < 4.78 is 11.0. The Kier molecular flexibility index (Phi) is 11.7. The number of hydrogen-bond donors (Lipinski definition) is 5. The van der Waals surface area contributed by atoms with Crippen LogP contribution in [0.3, 0.4) is 0 Å². The number of carbonyl (C=O) groups is 2. The zero-order chi connectivity index (χ0) is 39.0. The summed E-state index contributed by atoms with van der Waals surface area (Å²) in [4.78, 5) is 37.9. The molecule has 1 fully saturated rings. The van der Waals surface area contributed by atoms with E-state index in [9.17, 15) is 14.7 Å². The van der Waals surface area contributed by atoms with Gasteiger partial charge in [-0.15, -0.1) is 0 Å². The van der Waals surface area contributed by atoms with E-state index in [1.165, 1.54) is 41.4 Å². The molecule has 0 unspecified atom stereocenters. The molecule has 6 rings (SSSR count). The number of nitrogens with one attached hydrogen (secondary N) is 4. The van der Waals surface area contributed by atoms with Gasteiger partial charge in [-0.25, -0.2) is 0 Å². The molecule has 1 aliphatic carbocycles. The van der Waals surface area contributed by atoms with Crippen molar-refractivity contribution >= 4 is 35.7 Å². The number of aromatic amines is 3. The topological polar surface area (TPSA) is 132 Å². The second kappa shape index (κ2) is 16.1. The lowest BCUT2D eigenvalue weighted by molar-refractivity contribution is -0.146. The Balaban J connectivity index is 1.47. The largest absolute Gasteiger partial charge is 0.468 e. The van der Waals surface area contributed by atoms with Gasteiger partial charge in [-0.2, -0.15) is 0 Å². The number of allylic oxidation sites excluding steroid dienone is 3. The minimum absolute atomic E-state index is 0.0271. The molecular formula is C45H60N4O5. The molecule has 0 spiro atoms. The molecule has 0 radical (unpaired) electrons. The van der Waals surface area contributed by atoms with Crippen LogP contribution in [0.2, 0.25) is 0 Å². The van der Waals surface area contributed by atoms with Crippen molar-refractivity contribution in [2.45, 2.75) is 113 Å². The molecule has 290 valence electrons. The van der Waals surface area contributed by atoms with Gasteiger partial charge in [-0.1, -0.05) is 46.6 Å². The van der Waals surface area contributed by atoms with E-state index in [2.05, 4.69) is 93.9 Å². The average Bonchev–Trinajstić information content (AvgIpc) is 3.87. The highest BCUT2D eigenvalue weighted by molar-refractivity contribution is 5.95. The number of hydrogen-bond acceptors (Lipinski definition) is 6. The van der Waals surface area contributed by atoms with E-state index in [1.807, 2.05) is 13.0 Å². The van der Waals surface area contributed by atoms with Crippen molar-refractivity contribution < 1.29 is 24.2 Å². The van der Waals surface area contributed by atoms with Gasteiger partial charge in [0.2, 0.25) is 0 Å². The molecule has 0 saturated carbocycles. The van der Waals surface area contributed by atoms with Gasteiger partial charge in [0.05, 0.1) is 18.9 Å². The molecule has 0 aromatic carbocycles. The van der Waals surface area contributed by atoms with E-state index in [4.69, 9.17) is 9.47 Å². The number of carbonyl (C=O) groups excluding carboxylic acids is 2. The fourth-order valence-corrected chi connectivity index (χ4v) is 8.93. The van der Waals surface area contributed by atoms with Gasteiger partial charge in [0.15, 0.2) is 0 Å². The van der Waals surface area contributed by atoms with E-state index < -0.39 is 18.0 Å². The third-order valence-corrected chi connectivity index (χ3v) is 12.2. The van der Waals surface area contributed by atoms with Crippen molar-refractivity contribution in [3.05, 3.63) is 89.9 Å². The molecule has 9 nitrogen and oxygen atoms in total. The van der Waals surface area contributed by atoms with Gasteiger partial charge in [-0.05, 0) is 118 Å². The van der Waals surface area contributed by atoms with Crippen LogP contribution in [0.5, 0.6) is 0 Å². The molecule has 0 amide bonds. The highest BCUT2D eigenvalue weighted by Crippen LogP contribution is 2.52. The number of aromatic nitrogens is 3. The average molecular weight is 737 g/mol. The zero-order valence-corrected chi connectivity index (χ0v) is 33.9. The molecule has 54 heavy (non-hydrogen) atoms. The van der Waals surface area contributed by atoms with Gasteiger partial charge in [0, 0.05) is 68.6 Å². The third kappa shape index (κ3) is 7.31. The van der Waals surface area contributed by atoms with Crippen LogP contribution in [0.4, 0.5) is 0 Å². The Labute approximate surface area is 320 Å². The van der Waals surface area contributed by atoms with Crippen LogP contribution in [0.25, 0.3) is 23.8 Å². The first-order valence-electron chi connectivity index (χ1n) is 19.9. The summed E-state index contributed by atoms with van der Waals surface area (Å²) in [5.74, 6) is -1.19. The van der Waals surface area contributed by atoms with Gasteiger partial charge in [0.1, 0.15) is 12.5 Å². The summed E-state index contributed by atoms with van der Waals surface area (Å²) in [6.07, 6.45) is 13.2. The molecule has 3 aromatic heterocycles. The third-order valence-electron chi connectivity index (χ3n) is 12.2. The summed E-state index contributed by atoms with van der Waals surface area (Å²) in [5, 5.41) is 17.8. The predicted molar refractivity (Wildman–Crippen MR) is 216 cm³/mol. The SMILES string of the molecule is CCc1c2[nH]c(c1C)/C=C1\N/C(=C3\c4[nH]c(c(C)c4[C@H](O)[C@@H]3C(=O)OC)/C=c3\[nH]/c(c(C)c3CC)=C\2)[C@@H](CCC(=O)OC/C=C(/C)CCCC(C)C)[C@@H]1C. The molecule has 2 aliphatic heterocycles. The molecule has 5 N–H and O–H groups in total. The summed E-state index contributed by atoms with van der Waals surface area (Å²) in [5.41, 5.74) is 13.9. The van der Waals surface area contributed by atoms with Gasteiger partial charge in [-0.3, -0.25) is 9.59 Å². The molecule has 3 aliphatic rings. The van der Waals surface area contributed by atoms with Crippen molar-refractivity contribution in [2.24, 2.45) is 23.7 Å². The minimum Gasteiger partial charge on any atom is -0.468 e. The first kappa shape index (κ1) is 39.2. The Bertz CT molecular complexity index is 2150. The zero-order valence-electron chi connectivity index (χ0n) is 33.9. The first-order chi connectivity index (χ1) is 25.8. The maximum Gasteiger partial charge on any atom is 0.316 e. The lowest BCUT2D eigenvalue weighted by Gasteiger charge is -2.21. The van der Waals surface area contributed by atoms with Crippen LogP contribution in [0.1, 0.15) is 136 Å². The lowest BCUT2D eigenvalue weighted by Crippen LogP contribution is -2.24. The lowest BCUT2D eigenvalue weighted by atomic mass is 9.84. The fourth-order valence-electron chi connectivity index (χ4n) is 8.93. The second-order valence-electron chi connectivity index (χ2n) is 16.0. The van der Waals surface area contributed by atoms with E-state index in [-0.39, 0.29) is 30.8 Å². The maximum absolute atomic E-state index is 13.6. The van der Waals surface area contributed by atoms with E-state index >= 15 is 0 Å². The Morgan fingerprint density at radius 3 is 2.30 bits per heavy atom. The van der Waals surface area contributed by atoms with Crippen LogP contribution in [-0.2, 0) is 31.9 Å². The van der Waals surface area contributed by atoms with Gasteiger partial charge in [0.25, 0.3) is 0 Å². The van der Waals surface area contributed by atoms with Crippen LogP contribution in [0.15, 0.2) is 23.0 Å². The van der Waals surface area contributed by atoms with Crippen molar-refractivity contribution in [3.63, 3.8) is 0 Å². The van der Waals surface area contributed by atoms with Crippen molar-refractivity contribution in [2.75, 3.05) is 13.7 Å². The Hall–Kier alpha value is -4.50. The summed E-state index contributed by atoms with van der Waals surface area (Å²) >= 11 is 0. The highest BCUT2D eigenvalue weighted by atomic mass is 16.5. The fraction of sp³-hybridized carbons (Fsp3) is 0.511. The van der Waals surface area contributed by atoms with E-state index in [0.717, 1.165) is 76.1 Å². The molecular weight excluding hydrogens is 677 g/mol. The first-order valence-corrected chi connectivity index (χ1v) is 19.9. The molecule has 1 saturated heterocycles. The number of H-pyrrole nitrogens is 3. The summed E-state index contributed by atoms with van der Waals surface area (Å²) in [6.45, 7) is 19.7. The monoisotopic (exact) mass is 736 g/mol. The molecule has 8 bridgehead atoms. The smallest absolute Gasteiger partial charge is 0.316 e. The predicted octanol–water partition coefficient (Wildman–Crippen LogP) is 7.23. The van der Waals surface area contributed by atoms with Crippen LogP contribution < -0.4 is 16.0 Å². The van der Waals surface area contributed by atoms with Crippen molar-refractivity contribution in [1.82, 2.24) is 20.3 Å². The van der Waals surface area contributed by atoms with Gasteiger partial charge < -0.3 is 34.8 Å². The Morgan fingerprint density at radius 1 is 0.907 bits per heavy atom. The maximum atomic E-state index is 13.6.